The second-order valence-corrected chi connectivity index (χ2v) is 7.68. The van der Waals surface area contributed by atoms with E-state index in [4.69, 9.17) is 15.2 Å². The van der Waals surface area contributed by atoms with Crippen molar-refractivity contribution in [2.24, 2.45) is 10.7 Å². The predicted octanol–water partition coefficient (Wildman–Crippen LogP) is 2.33. The summed E-state index contributed by atoms with van der Waals surface area (Å²) in [5, 5.41) is 3.00. The summed E-state index contributed by atoms with van der Waals surface area (Å²) < 4.78 is 33.3. The number of methoxy groups -OCH3 is 2. The number of hydrogen-bond acceptors (Lipinski definition) is 5. The predicted molar refractivity (Wildman–Crippen MR) is 117 cm³/mol. The van der Waals surface area contributed by atoms with E-state index in [0.717, 1.165) is 11.1 Å². The number of rotatable bonds is 7. The molecule has 0 aliphatic carbocycles. The van der Waals surface area contributed by atoms with Crippen molar-refractivity contribution < 1.29 is 17.9 Å². The van der Waals surface area contributed by atoms with E-state index in [2.05, 4.69) is 10.3 Å². The first kappa shape index (κ1) is 23.0. The van der Waals surface area contributed by atoms with Crippen LogP contribution < -0.4 is 20.5 Å². The lowest BCUT2D eigenvalue weighted by Gasteiger charge is -2.09. The molecule has 3 N–H and O–H groups in total. The Morgan fingerprint density at radius 2 is 1.63 bits per heavy atom. The van der Waals surface area contributed by atoms with E-state index in [0.29, 0.717) is 30.5 Å². The molecule has 0 aliphatic rings. The Morgan fingerprint density at radius 3 is 2.19 bits per heavy atom. The van der Waals surface area contributed by atoms with Crippen LogP contribution >= 0.6 is 24.0 Å². The van der Waals surface area contributed by atoms with Gasteiger partial charge in [0, 0.05) is 12.8 Å². The molecule has 0 saturated heterocycles. The van der Waals surface area contributed by atoms with Crippen LogP contribution in [0.5, 0.6) is 11.5 Å². The fraction of sp³-hybridized carbons (Fsp3) is 0.278. The molecule has 0 radical (unpaired) electrons. The summed E-state index contributed by atoms with van der Waals surface area (Å²) >= 11 is 0. The molecule has 0 bridgehead atoms. The van der Waals surface area contributed by atoms with E-state index in [9.17, 15) is 8.42 Å². The maximum absolute atomic E-state index is 11.4. The molecule has 0 aromatic heterocycles. The van der Waals surface area contributed by atoms with Gasteiger partial charge >= 0.3 is 0 Å². The molecule has 0 aliphatic heterocycles. The van der Waals surface area contributed by atoms with Crippen LogP contribution in [0.3, 0.4) is 0 Å². The summed E-state index contributed by atoms with van der Waals surface area (Å²) in [5.41, 5.74) is 7.72. The highest BCUT2D eigenvalue weighted by molar-refractivity contribution is 14.0. The van der Waals surface area contributed by atoms with Gasteiger partial charge in [-0.3, -0.25) is 0 Å². The summed E-state index contributed by atoms with van der Waals surface area (Å²) in [4.78, 5) is 4.58. The molecule has 0 spiro atoms. The van der Waals surface area contributed by atoms with Gasteiger partial charge in [-0.25, -0.2) is 13.4 Å². The zero-order chi connectivity index (χ0) is 19.2. The van der Waals surface area contributed by atoms with Gasteiger partial charge in [0.1, 0.15) is 0 Å². The van der Waals surface area contributed by atoms with Gasteiger partial charge in [-0.2, -0.15) is 0 Å². The molecule has 0 unspecified atom stereocenters. The fourth-order valence-electron chi connectivity index (χ4n) is 2.26. The number of nitrogens with zero attached hydrogens (tertiary/aromatic N) is 1. The van der Waals surface area contributed by atoms with Crippen molar-refractivity contribution in [1.82, 2.24) is 5.32 Å². The zero-order valence-electron chi connectivity index (χ0n) is 15.4. The van der Waals surface area contributed by atoms with Crippen LogP contribution in [-0.2, 0) is 22.9 Å². The van der Waals surface area contributed by atoms with Gasteiger partial charge in [0.15, 0.2) is 27.3 Å². The van der Waals surface area contributed by atoms with Crippen LogP contribution in [0, 0.1) is 0 Å². The van der Waals surface area contributed by atoms with Crippen molar-refractivity contribution in [3.8, 4) is 11.5 Å². The highest BCUT2D eigenvalue weighted by Gasteiger charge is 2.06. The minimum absolute atomic E-state index is 0. The van der Waals surface area contributed by atoms with Crippen molar-refractivity contribution in [3.63, 3.8) is 0 Å². The third-order valence-corrected chi connectivity index (χ3v) is 4.83. The highest BCUT2D eigenvalue weighted by atomic mass is 127. The molecule has 2 aromatic carbocycles. The Hall–Kier alpha value is -2.01. The monoisotopic (exact) mass is 505 g/mol. The Bertz CT molecular complexity index is 884. The summed E-state index contributed by atoms with van der Waals surface area (Å²) in [7, 11) is -0.0264. The molecule has 27 heavy (non-hydrogen) atoms. The molecular formula is C18H24IN3O4S. The Kier molecular flexibility index (Phi) is 8.83. The van der Waals surface area contributed by atoms with Gasteiger partial charge in [0.2, 0.25) is 0 Å². The van der Waals surface area contributed by atoms with E-state index in [-0.39, 0.29) is 28.9 Å². The third-order valence-electron chi connectivity index (χ3n) is 3.71. The van der Waals surface area contributed by atoms with Crippen molar-refractivity contribution in [3.05, 3.63) is 53.6 Å². The van der Waals surface area contributed by atoms with E-state index < -0.39 is 9.84 Å². The molecule has 0 heterocycles. The molecule has 0 amide bonds. The average molecular weight is 505 g/mol. The number of guanidine groups is 1. The quantitative estimate of drug-likeness (QED) is 0.340. The number of benzene rings is 2. The van der Waals surface area contributed by atoms with Crippen LogP contribution in [0.4, 0.5) is 0 Å². The number of ether oxygens (including phenoxy) is 2. The van der Waals surface area contributed by atoms with Gasteiger partial charge in [0.05, 0.1) is 25.7 Å². The number of nitrogens with two attached hydrogens (primary N) is 1. The zero-order valence-corrected chi connectivity index (χ0v) is 18.6. The van der Waals surface area contributed by atoms with Crippen molar-refractivity contribution >= 4 is 39.8 Å². The molecule has 2 rings (SSSR count). The standard InChI is InChI=1S/C18H23N3O4S.HI/c1-24-16-9-6-14(10-17(16)25-2)12-21-18(19)20-11-13-4-7-15(8-5-13)26(3,22)23;/h4-10H,11-12H2,1-3H3,(H3,19,20,21);1H. The molecule has 2 aromatic rings. The Labute approximate surface area is 176 Å². The number of sulfone groups is 1. The second-order valence-electron chi connectivity index (χ2n) is 5.66. The lowest BCUT2D eigenvalue weighted by atomic mass is 10.2. The lowest BCUT2D eigenvalue weighted by molar-refractivity contribution is 0.354. The van der Waals surface area contributed by atoms with Crippen LogP contribution in [0.15, 0.2) is 52.4 Å². The third kappa shape index (κ3) is 6.90. The minimum atomic E-state index is -3.19. The van der Waals surface area contributed by atoms with Crippen molar-refractivity contribution in [2.75, 3.05) is 20.5 Å². The van der Waals surface area contributed by atoms with Crippen LogP contribution in [-0.4, -0.2) is 34.9 Å². The Balaban J connectivity index is 0.00000364. The van der Waals surface area contributed by atoms with Crippen LogP contribution in [0.25, 0.3) is 0 Å². The van der Waals surface area contributed by atoms with Gasteiger partial charge < -0.3 is 20.5 Å². The second kappa shape index (κ2) is 10.4. The maximum atomic E-state index is 11.4. The summed E-state index contributed by atoms with van der Waals surface area (Å²) in [5.74, 6) is 1.59. The first-order valence-electron chi connectivity index (χ1n) is 7.87. The summed E-state index contributed by atoms with van der Waals surface area (Å²) in [6.45, 7) is 0.845. The molecule has 0 atom stereocenters. The number of hydrogen-bond donors (Lipinski definition) is 2. The first-order valence-corrected chi connectivity index (χ1v) is 9.76. The van der Waals surface area contributed by atoms with E-state index in [1.165, 1.54) is 6.26 Å². The van der Waals surface area contributed by atoms with E-state index in [1.54, 1.807) is 38.5 Å². The first-order chi connectivity index (χ1) is 12.3. The Morgan fingerprint density at radius 1 is 1.04 bits per heavy atom. The molecule has 7 nitrogen and oxygen atoms in total. The molecule has 148 valence electrons. The molecule has 0 fully saturated rings. The lowest BCUT2D eigenvalue weighted by Crippen LogP contribution is -2.31. The number of halogens is 1. The smallest absolute Gasteiger partial charge is 0.189 e. The van der Waals surface area contributed by atoms with Gasteiger partial charge in [-0.05, 0) is 35.4 Å². The molecule has 0 saturated carbocycles. The minimum Gasteiger partial charge on any atom is -0.493 e. The normalized spacial score (nSPS) is 11.4. The van der Waals surface area contributed by atoms with Gasteiger partial charge in [-0.1, -0.05) is 18.2 Å². The van der Waals surface area contributed by atoms with E-state index >= 15 is 0 Å². The largest absolute Gasteiger partial charge is 0.493 e. The van der Waals surface area contributed by atoms with Crippen LogP contribution in [0.2, 0.25) is 0 Å². The topological polar surface area (TPSA) is 103 Å². The van der Waals surface area contributed by atoms with Crippen molar-refractivity contribution in [2.45, 2.75) is 18.0 Å². The SMILES string of the molecule is COc1ccc(CN=C(N)NCc2ccc(S(C)(=O)=O)cc2)cc1OC.I. The fourth-order valence-corrected chi connectivity index (χ4v) is 2.89. The maximum Gasteiger partial charge on any atom is 0.189 e. The summed E-state index contributed by atoms with van der Waals surface area (Å²) in [6, 6.07) is 12.2. The van der Waals surface area contributed by atoms with Crippen LogP contribution in [0.1, 0.15) is 11.1 Å². The number of nitrogens with one attached hydrogen (secondary N) is 1. The molecule has 9 heteroatoms. The van der Waals surface area contributed by atoms with E-state index in [1.807, 2.05) is 18.2 Å². The van der Waals surface area contributed by atoms with Gasteiger partial charge in [0.25, 0.3) is 0 Å². The summed E-state index contributed by atoms with van der Waals surface area (Å²) in [6.07, 6.45) is 1.18. The number of aliphatic imine (C=N–C) groups is 1. The molecular weight excluding hydrogens is 481 g/mol. The average Bonchev–Trinajstić information content (AvgIpc) is 2.64. The van der Waals surface area contributed by atoms with Gasteiger partial charge in [-0.15, -0.1) is 24.0 Å². The van der Waals surface area contributed by atoms with Crippen molar-refractivity contribution in [1.29, 1.82) is 0 Å². The highest BCUT2D eigenvalue weighted by Crippen LogP contribution is 2.27.